The van der Waals surface area contributed by atoms with Crippen LogP contribution in [0.25, 0.3) is 0 Å². The molecular weight excluding hydrogens is 308 g/mol. The molecule has 0 bridgehead atoms. The number of aromatic nitrogens is 2. The molecule has 2 aromatic rings. The highest BCUT2D eigenvalue weighted by molar-refractivity contribution is 6.39. The van der Waals surface area contributed by atoms with Crippen molar-refractivity contribution in [3.63, 3.8) is 0 Å². The monoisotopic (exact) mass is 332 g/mol. The molecule has 0 saturated heterocycles. The van der Waals surface area contributed by atoms with Gasteiger partial charge in [0.1, 0.15) is 11.5 Å². The van der Waals surface area contributed by atoms with Crippen LogP contribution >= 0.6 is 0 Å². The van der Waals surface area contributed by atoms with E-state index in [-0.39, 0.29) is 5.41 Å². The van der Waals surface area contributed by atoms with Gasteiger partial charge < -0.3 is 15.1 Å². The number of nitrogens with zero attached hydrogens (tertiary/aromatic N) is 2. The lowest BCUT2D eigenvalue weighted by atomic mass is 9.85. The Bertz CT molecular complexity index is 724. The molecule has 130 valence electrons. The van der Waals surface area contributed by atoms with Crippen LogP contribution < -0.4 is 10.6 Å². The highest BCUT2D eigenvalue weighted by Gasteiger charge is 2.32. The Kier molecular flexibility index (Phi) is 5.11. The van der Waals surface area contributed by atoms with Gasteiger partial charge in [0, 0.05) is 25.7 Å². The number of amides is 2. The summed E-state index contributed by atoms with van der Waals surface area (Å²) in [6.07, 6.45) is 2.45. The molecule has 0 spiro atoms. The Morgan fingerprint density at radius 2 is 1.96 bits per heavy atom. The summed E-state index contributed by atoms with van der Waals surface area (Å²) in [5.41, 5.74) is -0.316. The van der Waals surface area contributed by atoms with Crippen LogP contribution in [0.15, 0.2) is 28.8 Å². The molecule has 2 amide bonds. The molecule has 0 aromatic carbocycles. The summed E-state index contributed by atoms with van der Waals surface area (Å²) >= 11 is 0. The number of carbonyl (C=O) groups excluding carboxylic acids is 2. The van der Waals surface area contributed by atoms with Crippen molar-refractivity contribution in [2.45, 2.75) is 40.2 Å². The van der Waals surface area contributed by atoms with Crippen molar-refractivity contribution >= 4 is 17.6 Å². The number of hydrogen-bond donors (Lipinski definition) is 2. The predicted octanol–water partition coefficient (Wildman–Crippen LogP) is 2.42. The molecule has 24 heavy (non-hydrogen) atoms. The Balaban J connectivity index is 2.11. The van der Waals surface area contributed by atoms with Crippen LogP contribution in [0.3, 0.4) is 0 Å². The highest BCUT2D eigenvalue weighted by Crippen LogP contribution is 2.33. The van der Waals surface area contributed by atoms with E-state index < -0.39 is 17.9 Å². The Labute approximate surface area is 141 Å². The van der Waals surface area contributed by atoms with E-state index in [1.54, 1.807) is 24.0 Å². The van der Waals surface area contributed by atoms with Crippen molar-refractivity contribution in [3.8, 4) is 0 Å². The molecule has 2 heterocycles. The van der Waals surface area contributed by atoms with Crippen LogP contribution in [-0.2, 0) is 23.1 Å². The van der Waals surface area contributed by atoms with Gasteiger partial charge in [-0.25, -0.2) is 0 Å². The summed E-state index contributed by atoms with van der Waals surface area (Å²) in [5.74, 6) is 0.321. The highest BCUT2D eigenvalue weighted by atomic mass is 16.3. The van der Waals surface area contributed by atoms with Gasteiger partial charge in [-0.3, -0.25) is 14.3 Å². The molecule has 7 nitrogen and oxygen atoms in total. The van der Waals surface area contributed by atoms with Gasteiger partial charge in [0.15, 0.2) is 5.82 Å². The van der Waals surface area contributed by atoms with Gasteiger partial charge in [0.2, 0.25) is 0 Å². The fourth-order valence-corrected chi connectivity index (χ4v) is 2.31. The maximum absolute atomic E-state index is 12.3. The average molecular weight is 332 g/mol. The summed E-state index contributed by atoms with van der Waals surface area (Å²) < 4.78 is 7.30. The SMILES string of the molecule is CCc1ccc([C@@H](NC(=O)C(=O)Nc2ccn(C)n2)C(C)(C)C)o1. The molecule has 2 rings (SSSR count). The Morgan fingerprint density at radius 3 is 2.46 bits per heavy atom. The minimum atomic E-state index is -0.759. The van der Waals surface area contributed by atoms with Crippen molar-refractivity contribution in [1.29, 1.82) is 0 Å². The predicted molar refractivity (Wildman–Crippen MR) is 90.3 cm³/mol. The molecule has 0 radical (unpaired) electrons. The number of anilines is 1. The second-order valence-electron chi connectivity index (χ2n) is 6.76. The minimum absolute atomic E-state index is 0.316. The first kappa shape index (κ1) is 17.8. The number of rotatable bonds is 4. The summed E-state index contributed by atoms with van der Waals surface area (Å²) in [5, 5.41) is 9.25. The quantitative estimate of drug-likeness (QED) is 0.842. The van der Waals surface area contributed by atoms with Crippen LogP contribution in [0.4, 0.5) is 5.82 Å². The topological polar surface area (TPSA) is 89.2 Å². The molecule has 0 aliphatic rings. The van der Waals surface area contributed by atoms with Gasteiger partial charge in [-0.1, -0.05) is 27.7 Å². The zero-order valence-corrected chi connectivity index (χ0v) is 14.7. The minimum Gasteiger partial charge on any atom is -0.464 e. The van der Waals surface area contributed by atoms with Gasteiger partial charge in [0.05, 0.1) is 6.04 Å². The lowest BCUT2D eigenvalue weighted by molar-refractivity contribution is -0.137. The summed E-state index contributed by atoms with van der Waals surface area (Å²) in [4.78, 5) is 24.3. The molecular formula is C17H24N4O3. The van der Waals surface area contributed by atoms with E-state index in [0.29, 0.717) is 11.6 Å². The first-order chi connectivity index (χ1) is 11.2. The smallest absolute Gasteiger partial charge is 0.314 e. The van der Waals surface area contributed by atoms with E-state index in [1.807, 2.05) is 39.8 Å². The standard InChI is InChI=1S/C17H24N4O3/c1-6-11-7-8-12(24-11)14(17(2,3)4)19-16(23)15(22)18-13-9-10-21(5)20-13/h7-10,14H,6H2,1-5H3,(H,19,23)(H,18,20,22)/t14-/m1/s1. The van der Waals surface area contributed by atoms with Crippen LogP contribution in [0.5, 0.6) is 0 Å². The molecule has 2 aromatic heterocycles. The van der Waals surface area contributed by atoms with Gasteiger partial charge >= 0.3 is 11.8 Å². The fraction of sp³-hybridized carbons (Fsp3) is 0.471. The van der Waals surface area contributed by atoms with Crippen LogP contribution in [0.1, 0.15) is 45.3 Å². The third-order valence-electron chi connectivity index (χ3n) is 3.62. The number of aryl methyl sites for hydroxylation is 2. The van der Waals surface area contributed by atoms with Crippen molar-refractivity contribution in [2.24, 2.45) is 12.5 Å². The molecule has 1 atom stereocenters. The lowest BCUT2D eigenvalue weighted by Gasteiger charge is -2.29. The normalized spacial score (nSPS) is 12.7. The second-order valence-corrected chi connectivity index (χ2v) is 6.76. The molecule has 7 heteroatoms. The zero-order valence-electron chi connectivity index (χ0n) is 14.7. The van der Waals surface area contributed by atoms with Gasteiger partial charge in [-0.05, 0) is 17.5 Å². The number of furan rings is 1. The van der Waals surface area contributed by atoms with Crippen molar-refractivity contribution in [1.82, 2.24) is 15.1 Å². The third-order valence-corrected chi connectivity index (χ3v) is 3.62. The fourth-order valence-electron chi connectivity index (χ4n) is 2.31. The van der Waals surface area contributed by atoms with E-state index in [4.69, 9.17) is 4.42 Å². The number of carbonyl (C=O) groups is 2. The average Bonchev–Trinajstić information content (AvgIpc) is 3.12. The maximum Gasteiger partial charge on any atom is 0.314 e. The number of nitrogens with one attached hydrogen (secondary N) is 2. The van der Waals surface area contributed by atoms with Gasteiger partial charge in [0.25, 0.3) is 0 Å². The third kappa shape index (κ3) is 4.24. The molecule has 0 unspecified atom stereocenters. The Hall–Kier alpha value is -2.57. The van der Waals surface area contributed by atoms with Crippen LogP contribution in [0.2, 0.25) is 0 Å². The molecule has 0 saturated carbocycles. The van der Waals surface area contributed by atoms with Gasteiger partial charge in [-0.15, -0.1) is 0 Å². The second kappa shape index (κ2) is 6.90. The van der Waals surface area contributed by atoms with Gasteiger partial charge in [-0.2, -0.15) is 5.10 Å². The van der Waals surface area contributed by atoms with Crippen molar-refractivity contribution in [3.05, 3.63) is 35.9 Å². The first-order valence-electron chi connectivity index (χ1n) is 7.90. The Morgan fingerprint density at radius 1 is 1.25 bits per heavy atom. The largest absolute Gasteiger partial charge is 0.464 e. The van der Waals surface area contributed by atoms with Crippen LogP contribution in [-0.4, -0.2) is 21.6 Å². The first-order valence-corrected chi connectivity index (χ1v) is 7.90. The lowest BCUT2D eigenvalue weighted by Crippen LogP contribution is -2.42. The number of hydrogen-bond acceptors (Lipinski definition) is 4. The summed E-state index contributed by atoms with van der Waals surface area (Å²) in [6, 6.07) is 4.92. The molecule has 0 fully saturated rings. The molecule has 0 aliphatic carbocycles. The summed E-state index contributed by atoms with van der Waals surface area (Å²) in [7, 11) is 1.73. The van der Waals surface area contributed by atoms with Crippen molar-refractivity contribution in [2.75, 3.05) is 5.32 Å². The van der Waals surface area contributed by atoms with E-state index in [1.165, 1.54) is 0 Å². The van der Waals surface area contributed by atoms with E-state index in [0.717, 1.165) is 12.2 Å². The molecule has 2 N–H and O–H groups in total. The maximum atomic E-state index is 12.3. The van der Waals surface area contributed by atoms with E-state index in [2.05, 4.69) is 15.7 Å². The zero-order chi connectivity index (χ0) is 17.9. The van der Waals surface area contributed by atoms with E-state index in [9.17, 15) is 9.59 Å². The van der Waals surface area contributed by atoms with Crippen LogP contribution in [0, 0.1) is 5.41 Å². The summed E-state index contributed by atoms with van der Waals surface area (Å²) in [6.45, 7) is 7.92. The molecule has 0 aliphatic heterocycles. The van der Waals surface area contributed by atoms with E-state index >= 15 is 0 Å². The van der Waals surface area contributed by atoms with Crippen molar-refractivity contribution < 1.29 is 14.0 Å².